The number of benzene rings is 2. The largest absolute Gasteiger partial charge is 0.319 e. The Labute approximate surface area is 165 Å². The molecule has 4 aromatic rings. The molecule has 0 aliphatic heterocycles. The molecule has 0 aliphatic carbocycles. The van der Waals surface area contributed by atoms with E-state index >= 15 is 0 Å². The molecule has 1 amide bonds. The van der Waals surface area contributed by atoms with E-state index in [-0.39, 0.29) is 11.1 Å². The van der Waals surface area contributed by atoms with E-state index in [1.165, 1.54) is 0 Å². The van der Waals surface area contributed by atoms with Gasteiger partial charge in [0.15, 0.2) is 5.15 Å². The quantitative estimate of drug-likeness (QED) is 0.443. The Morgan fingerprint density at radius 2 is 1.70 bits per heavy atom. The van der Waals surface area contributed by atoms with Gasteiger partial charge < -0.3 is 5.32 Å². The van der Waals surface area contributed by atoms with E-state index < -0.39 is 0 Å². The standard InChI is InChI=1S/C21H13Cl2N3O/c22-16-8-3-1-7-14(16)19-12-15(13-6-2-4-9-17(13)25-19)21(27)26-18-10-5-11-24-20(18)23/h1-12H,(H,26,27). The number of hydrogen-bond donors (Lipinski definition) is 1. The summed E-state index contributed by atoms with van der Waals surface area (Å²) < 4.78 is 0. The second-order valence-electron chi connectivity index (χ2n) is 5.85. The van der Waals surface area contributed by atoms with Crippen LogP contribution in [0.15, 0.2) is 72.9 Å². The molecule has 0 radical (unpaired) electrons. The number of nitrogens with zero attached hydrogens (tertiary/aromatic N) is 2. The highest BCUT2D eigenvalue weighted by Gasteiger charge is 2.16. The summed E-state index contributed by atoms with van der Waals surface area (Å²) in [6.45, 7) is 0. The summed E-state index contributed by atoms with van der Waals surface area (Å²) in [5.41, 5.74) is 3.03. The van der Waals surface area contributed by atoms with Crippen molar-refractivity contribution in [3.05, 3.63) is 88.7 Å². The van der Waals surface area contributed by atoms with Gasteiger partial charge in [-0.3, -0.25) is 4.79 Å². The first-order valence-electron chi connectivity index (χ1n) is 8.20. The van der Waals surface area contributed by atoms with E-state index in [0.717, 1.165) is 10.9 Å². The molecular weight excluding hydrogens is 381 g/mol. The number of pyridine rings is 2. The Bertz CT molecular complexity index is 1160. The average Bonchev–Trinajstić information content (AvgIpc) is 2.69. The van der Waals surface area contributed by atoms with Crippen LogP contribution >= 0.6 is 23.2 Å². The lowest BCUT2D eigenvalue weighted by Crippen LogP contribution is -2.13. The van der Waals surface area contributed by atoms with Crippen LogP contribution in [0.5, 0.6) is 0 Å². The molecule has 0 unspecified atom stereocenters. The van der Waals surface area contributed by atoms with E-state index in [9.17, 15) is 4.79 Å². The van der Waals surface area contributed by atoms with Crippen LogP contribution in [-0.4, -0.2) is 15.9 Å². The molecule has 0 fully saturated rings. The third-order valence-corrected chi connectivity index (χ3v) is 4.75. The minimum atomic E-state index is -0.295. The molecule has 0 spiro atoms. The van der Waals surface area contributed by atoms with Gasteiger partial charge in [-0.25, -0.2) is 9.97 Å². The second kappa shape index (κ2) is 7.35. The van der Waals surface area contributed by atoms with E-state index in [4.69, 9.17) is 23.2 Å². The predicted octanol–water partition coefficient (Wildman–Crippen LogP) is 5.86. The fourth-order valence-corrected chi connectivity index (χ4v) is 3.24. The van der Waals surface area contributed by atoms with Crippen LogP contribution in [0.25, 0.3) is 22.2 Å². The first kappa shape index (κ1) is 17.5. The molecule has 6 heteroatoms. The summed E-state index contributed by atoms with van der Waals surface area (Å²) >= 11 is 12.4. The van der Waals surface area contributed by atoms with Crippen LogP contribution in [0, 0.1) is 0 Å². The molecule has 0 saturated heterocycles. The first-order chi connectivity index (χ1) is 13.1. The van der Waals surface area contributed by atoms with Crippen LogP contribution in [0.2, 0.25) is 10.2 Å². The minimum Gasteiger partial charge on any atom is -0.319 e. The lowest BCUT2D eigenvalue weighted by Gasteiger charge is -2.12. The van der Waals surface area contributed by atoms with Crippen LogP contribution in [0.1, 0.15) is 10.4 Å². The number of carbonyl (C=O) groups excluding carboxylic acids is 1. The molecule has 27 heavy (non-hydrogen) atoms. The van der Waals surface area contributed by atoms with Gasteiger partial charge in [-0.2, -0.15) is 0 Å². The number of hydrogen-bond acceptors (Lipinski definition) is 3. The SMILES string of the molecule is O=C(Nc1cccnc1Cl)c1cc(-c2ccccc2Cl)nc2ccccc12. The second-order valence-corrected chi connectivity index (χ2v) is 6.61. The molecule has 4 rings (SSSR count). The van der Waals surface area contributed by atoms with E-state index in [1.54, 1.807) is 30.5 Å². The molecule has 4 nitrogen and oxygen atoms in total. The minimum absolute atomic E-state index is 0.232. The van der Waals surface area contributed by atoms with Crippen molar-refractivity contribution >= 4 is 45.7 Å². The van der Waals surface area contributed by atoms with Gasteiger partial charge in [-0.05, 0) is 30.3 Å². The summed E-state index contributed by atoms with van der Waals surface area (Å²) in [6, 6.07) is 20.0. The monoisotopic (exact) mass is 393 g/mol. The summed E-state index contributed by atoms with van der Waals surface area (Å²) in [7, 11) is 0. The molecule has 2 heterocycles. The van der Waals surface area contributed by atoms with Gasteiger partial charge in [0.1, 0.15) is 0 Å². The number of amides is 1. The highest BCUT2D eigenvalue weighted by atomic mass is 35.5. The van der Waals surface area contributed by atoms with Crippen molar-refractivity contribution in [1.29, 1.82) is 0 Å². The summed E-state index contributed by atoms with van der Waals surface area (Å²) in [5, 5.41) is 4.36. The number of fused-ring (bicyclic) bond motifs is 1. The Morgan fingerprint density at radius 3 is 2.52 bits per heavy atom. The predicted molar refractivity (Wildman–Crippen MR) is 109 cm³/mol. The van der Waals surface area contributed by atoms with Gasteiger partial charge in [-0.15, -0.1) is 0 Å². The molecule has 0 atom stereocenters. The van der Waals surface area contributed by atoms with Crippen LogP contribution < -0.4 is 5.32 Å². The third kappa shape index (κ3) is 3.50. The molecular formula is C21H13Cl2N3O. The zero-order valence-electron chi connectivity index (χ0n) is 14.0. The number of rotatable bonds is 3. The summed E-state index contributed by atoms with van der Waals surface area (Å²) in [5.74, 6) is -0.295. The molecule has 132 valence electrons. The van der Waals surface area contributed by atoms with Crippen molar-refractivity contribution in [1.82, 2.24) is 9.97 Å². The van der Waals surface area contributed by atoms with Gasteiger partial charge in [0.05, 0.1) is 22.5 Å². The number of halogens is 2. The van der Waals surface area contributed by atoms with Gasteiger partial charge in [0, 0.05) is 22.2 Å². The summed E-state index contributed by atoms with van der Waals surface area (Å²) in [6.07, 6.45) is 1.56. The number of aromatic nitrogens is 2. The van der Waals surface area contributed by atoms with Gasteiger partial charge in [0.2, 0.25) is 0 Å². The van der Waals surface area contributed by atoms with Crippen molar-refractivity contribution in [3.63, 3.8) is 0 Å². The highest BCUT2D eigenvalue weighted by molar-refractivity contribution is 6.33. The lowest BCUT2D eigenvalue weighted by atomic mass is 10.0. The maximum atomic E-state index is 13.0. The van der Waals surface area contributed by atoms with Crippen LogP contribution in [0.4, 0.5) is 5.69 Å². The van der Waals surface area contributed by atoms with E-state index in [2.05, 4.69) is 15.3 Å². The molecule has 0 bridgehead atoms. The van der Waals surface area contributed by atoms with Gasteiger partial charge in [0.25, 0.3) is 5.91 Å². The topological polar surface area (TPSA) is 54.9 Å². The van der Waals surface area contributed by atoms with Crippen LogP contribution in [-0.2, 0) is 0 Å². The van der Waals surface area contributed by atoms with Gasteiger partial charge >= 0.3 is 0 Å². The van der Waals surface area contributed by atoms with Crippen molar-refractivity contribution < 1.29 is 4.79 Å². The first-order valence-corrected chi connectivity index (χ1v) is 8.95. The summed E-state index contributed by atoms with van der Waals surface area (Å²) in [4.78, 5) is 21.6. The zero-order chi connectivity index (χ0) is 18.8. The van der Waals surface area contributed by atoms with Crippen molar-refractivity contribution in [2.24, 2.45) is 0 Å². The normalized spacial score (nSPS) is 10.7. The maximum absolute atomic E-state index is 13.0. The number of anilines is 1. The Morgan fingerprint density at radius 1 is 0.926 bits per heavy atom. The van der Waals surface area contributed by atoms with E-state index in [0.29, 0.717) is 27.5 Å². The maximum Gasteiger partial charge on any atom is 0.256 e. The van der Waals surface area contributed by atoms with Gasteiger partial charge in [-0.1, -0.05) is 59.6 Å². The van der Waals surface area contributed by atoms with E-state index in [1.807, 2.05) is 42.5 Å². The highest BCUT2D eigenvalue weighted by Crippen LogP contribution is 2.30. The molecule has 0 aliphatic rings. The number of nitrogens with one attached hydrogen (secondary N) is 1. The number of carbonyl (C=O) groups is 1. The van der Waals surface area contributed by atoms with Crippen molar-refractivity contribution in [3.8, 4) is 11.3 Å². The van der Waals surface area contributed by atoms with Crippen LogP contribution in [0.3, 0.4) is 0 Å². The molecule has 0 saturated carbocycles. The van der Waals surface area contributed by atoms with Crippen molar-refractivity contribution in [2.75, 3.05) is 5.32 Å². The molecule has 1 N–H and O–H groups in total. The Balaban J connectivity index is 1.85. The zero-order valence-corrected chi connectivity index (χ0v) is 15.5. The Kier molecular flexibility index (Phi) is 4.75. The molecule has 2 aromatic heterocycles. The average molecular weight is 394 g/mol. The molecule has 2 aromatic carbocycles. The fourth-order valence-electron chi connectivity index (χ4n) is 2.84. The van der Waals surface area contributed by atoms with Crippen molar-refractivity contribution in [2.45, 2.75) is 0 Å². The Hall–Kier alpha value is -2.95. The number of para-hydroxylation sites is 1. The fraction of sp³-hybridized carbons (Fsp3) is 0. The smallest absolute Gasteiger partial charge is 0.256 e. The lowest BCUT2D eigenvalue weighted by molar-refractivity contribution is 0.102. The third-order valence-electron chi connectivity index (χ3n) is 4.12.